The normalized spacial score (nSPS) is 11.9. The highest BCUT2D eigenvalue weighted by Crippen LogP contribution is 2.09. The van der Waals surface area contributed by atoms with Gasteiger partial charge in [0, 0.05) is 6.54 Å². The van der Waals surface area contributed by atoms with Crippen LogP contribution in [0.2, 0.25) is 0 Å². The zero-order valence-electron chi connectivity index (χ0n) is 9.66. The molecule has 0 spiro atoms. The SMILES string of the molecule is Cc1ccc(C(=O)NCC(C)C(=O)O)c(F)c1. The Hall–Kier alpha value is -1.91. The van der Waals surface area contributed by atoms with Crippen molar-refractivity contribution < 1.29 is 19.1 Å². The Bertz CT molecular complexity index is 445. The molecule has 0 aliphatic heterocycles. The number of benzene rings is 1. The molecule has 1 amide bonds. The lowest BCUT2D eigenvalue weighted by Gasteiger charge is -2.09. The molecule has 92 valence electrons. The van der Waals surface area contributed by atoms with Crippen LogP contribution in [0.5, 0.6) is 0 Å². The van der Waals surface area contributed by atoms with Crippen LogP contribution >= 0.6 is 0 Å². The molecule has 0 radical (unpaired) electrons. The van der Waals surface area contributed by atoms with Gasteiger partial charge >= 0.3 is 5.97 Å². The average Bonchev–Trinajstić information content (AvgIpc) is 2.25. The summed E-state index contributed by atoms with van der Waals surface area (Å²) in [6.07, 6.45) is 0. The van der Waals surface area contributed by atoms with Gasteiger partial charge in [-0.3, -0.25) is 9.59 Å². The summed E-state index contributed by atoms with van der Waals surface area (Å²) in [6.45, 7) is 3.16. The second kappa shape index (κ2) is 5.43. The first kappa shape index (κ1) is 13.2. The van der Waals surface area contributed by atoms with Gasteiger partial charge in [0.2, 0.25) is 0 Å². The van der Waals surface area contributed by atoms with Crippen LogP contribution in [0.3, 0.4) is 0 Å². The Kier molecular flexibility index (Phi) is 4.20. The van der Waals surface area contributed by atoms with Gasteiger partial charge in [-0.15, -0.1) is 0 Å². The van der Waals surface area contributed by atoms with Crippen molar-refractivity contribution in [2.75, 3.05) is 6.54 Å². The molecule has 1 rings (SSSR count). The fraction of sp³-hybridized carbons (Fsp3) is 0.333. The summed E-state index contributed by atoms with van der Waals surface area (Å²) in [5.41, 5.74) is 0.645. The van der Waals surface area contributed by atoms with Crippen molar-refractivity contribution in [3.05, 3.63) is 35.1 Å². The van der Waals surface area contributed by atoms with Crippen LogP contribution in [0.4, 0.5) is 4.39 Å². The van der Waals surface area contributed by atoms with Crippen molar-refractivity contribution in [2.45, 2.75) is 13.8 Å². The Balaban J connectivity index is 2.67. The summed E-state index contributed by atoms with van der Waals surface area (Å²) in [6, 6.07) is 4.26. The number of nitrogens with one attached hydrogen (secondary N) is 1. The quantitative estimate of drug-likeness (QED) is 0.838. The zero-order chi connectivity index (χ0) is 13.0. The van der Waals surface area contributed by atoms with Crippen molar-refractivity contribution in [1.29, 1.82) is 0 Å². The number of rotatable bonds is 4. The Morgan fingerprint density at radius 1 is 1.47 bits per heavy atom. The maximum atomic E-state index is 13.4. The van der Waals surface area contributed by atoms with Gasteiger partial charge < -0.3 is 10.4 Å². The number of aliphatic carboxylic acids is 1. The summed E-state index contributed by atoms with van der Waals surface area (Å²) in [5, 5.41) is 11.0. The molecule has 1 aromatic rings. The van der Waals surface area contributed by atoms with Gasteiger partial charge in [-0.25, -0.2) is 4.39 Å². The predicted octanol–water partition coefficient (Wildman–Crippen LogP) is 1.58. The van der Waals surface area contributed by atoms with E-state index in [0.717, 1.165) is 5.56 Å². The summed E-state index contributed by atoms with van der Waals surface area (Å²) < 4.78 is 13.4. The van der Waals surface area contributed by atoms with Crippen LogP contribution in [0.15, 0.2) is 18.2 Å². The summed E-state index contributed by atoms with van der Waals surface area (Å²) in [4.78, 5) is 22.1. The molecule has 0 saturated heterocycles. The minimum atomic E-state index is -1.00. The molecule has 0 saturated carbocycles. The van der Waals surface area contributed by atoms with Crippen LogP contribution in [-0.4, -0.2) is 23.5 Å². The lowest BCUT2D eigenvalue weighted by atomic mass is 10.1. The topological polar surface area (TPSA) is 66.4 Å². The van der Waals surface area contributed by atoms with E-state index in [1.807, 2.05) is 0 Å². The average molecular weight is 239 g/mol. The van der Waals surface area contributed by atoms with Crippen LogP contribution in [-0.2, 0) is 4.79 Å². The van der Waals surface area contributed by atoms with E-state index in [9.17, 15) is 14.0 Å². The van der Waals surface area contributed by atoms with Crippen LogP contribution in [0.1, 0.15) is 22.8 Å². The van der Waals surface area contributed by atoms with Gasteiger partial charge in [0.15, 0.2) is 0 Å². The summed E-state index contributed by atoms with van der Waals surface area (Å²) >= 11 is 0. The number of carbonyl (C=O) groups excluding carboxylic acids is 1. The lowest BCUT2D eigenvalue weighted by molar-refractivity contribution is -0.140. The van der Waals surface area contributed by atoms with E-state index in [2.05, 4.69) is 5.32 Å². The molecule has 0 fully saturated rings. The minimum Gasteiger partial charge on any atom is -0.481 e. The highest BCUT2D eigenvalue weighted by molar-refractivity contribution is 5.94. The van der Waals surface area contributed by atoms with Gasteiger partial charge in [0.1, 0.15) is 5.82 Å². The van der Waals surface area contributed by atoms with E-state index < -0.39 is 23.6 Å². The molecule has 5 heteroatoms. The molecule has 0 bridgehead atoms. The van der Waals surface area contributed by atoms with Crippen molar-refractivity contribution in [3.8, 4) is 0 Å². The summed E-state index contributed by atoms with van der Waals surface area (Å²) in [7, 11) is 0. The standard InChI is InChI=1S/C12H14FNO3/c1-7-3-4-9(10(13)5-7)11(15)14-6-8(2)12(16)17/h3-5,8H,6H2,1-2H3,(H,14,15)(H,16,17). The van der Waals surface area contributed by atoms with Gasteiger partial charge in [0.05, 0.1) is 11.5 Å². The van der Waals surface area contributed by atoms with Crippen LogP contribution < -0.4 is 5.32 Å². The minimum absolute atomic E-state index is 0.0263. The second-order valence-electron chi connectivity index (χ2n) is 3.93. The second-order valence-corrected chi connectivity index (χ2v) is 3.93. The third-order valence-corrected chi connectivity index (χ3v) is 2.36. The Morgan fingerprint density at radius 2 is 2.12 bits per heavy atom. The number of hydrogen-bond acceptors (Lipinski definition) is 2. The third kappa shape index (κ3) is 3.55. The monoisotopic (exact) mass is 239 g/mol. The number of hydrogen-bond donors (Lipinski definition) is 2. The van der Waals surface area contributed by atoms with E-state index >= 15 is 0 Å². The smallest absolute Gasteiger partial charge is 0.308 e. The molecule has 1 unspecified atom stereocenters. The number of aryl methyl sites for hydroxylation is 1. The van der Waals surface area contributed by atoms with Gasteiger partial charge in [-0.1, -0.05) is 13.0 Å². The molecule has 0 aliphatic rings. The zero-order valence-corrected chi connectivity index (χ0v) is 9.66. The number of amides is 1. The largest absolute Gasteiger partial charge is 0.481 e. The number of carbonyl (C=O) groups is 2. The molecular weight excluding hydrogens is 225 g/mol. The number of halogens is 1. The predicted molar refractivity (Wildman–Crippen MR) is 60.3 cm³/mol. The molecule has 0 aliphatic carbocycles. The molecule has 2 N–H and O–H groups in total. The van der Waals surface area contributed by atoms with Crippen molar-refractivity contribution in [3.63, 3.8) is 0 Å². The third-order valence-electron chi connectivity index (χ3n) is 2.36. The Morgan fingerprint density at radius 3 is 2.65 bits per heavy atom. The molecule has 1 atom stereocenters. The van der Waals surface area contributed by atoms with E-state index in [-0.39, 0.29) is 12.1 Å². The molecule has 4 nitrogen and oxygen atoms in total. The summed E-state index contributed by atoms with van der Waals surface area (Å²) in [5.74, 6) is -2.91. The van der Waals surface area contributed by atoms with E-state index in [4.69, 9.17) is 5.11 Å². The number of carboxylic acid groups (broad SMARTS) is 1. The number of carboxylic acids is 1. The molecule has 0 heterocycles. The first-order valence-corrected chi connectivity index (χ1v) is 5.19. The molecule has 0 aromatic heterocycles. The van der Waals surface area contributed by atoms with Crippen LogP contribution in [0, 0.1) is 18.7 Å². The van der Waals surface area contributed by atoms with E-state index in [1.54, 1.807) is 13.0 Å². The maximum absolute atomic E-state index is 13.4. The van der Waals surface area contributed by atoms with Gasteiger partial charge in [0.25, 0.3) is 5.91 Å². The first-order valence-electron chi connectivity index (χ1n) is 5.19. The van der Waals surface area contributed by atoms with Gasteiger partial charge in [-0.2, -0.15) is 0 Å². The molecular formula is C12H14FNO3. The van der Waals surface area contributed by atoms with Crippen LogP contribution in [0.25, 0.3) is 0 Å². The van der Waals surface area contributed by atoms with E-state index in [1.165, 1.54) is 19.1 Å². The van der Waals surface area contributed by atoms with Crippen molar-refractivity contribution >= 4 is 11.9 Å². The fourth-order valence-corrected chi connectivity index (χ4v) is 1.23. The van der Waals surface area contributed by atoms with E-state index in [0.29, 0.717) is 0 Å². The van der Waals surface area contributed by atoms with Gasteiger partial charge in [-0.05, 0) is 24.6 Å². The molecule has 17 heavy (non-hydrogen) atoms. The fourth-order valence-electron chi connectivity index (χ4n) is 1.23. The molecule has 1 aromatic carbocycles. The first-order chi connectivity index (χ1) is 7.91. The maximum Gasteiger partial charge on any atom is 0.308 e. The van der Waals surface area contributed by atoms with Crippen molar-refractivity contribution in [2.24, 2.45) is 5.92 Å². The Labute approximate surface area is 98.5 Å². The lowest BCUT2D eigenvalue weighted by Crippen LogP contribution is -2.31. The van der Waals surface area contributed by atoms with Crippen molar-refractivity contribution in [1.82, 2.24) is 5.32 Å². The highest BCUT2D eigenvalue weighted by Gasteiger charge is 2.15. The highest BCUT2D eigenvalue weighted by atomic mass is 19.1.